The van der Waals surface area contributed by atoms with Crippen LogP contribution in [0.2, 0.25) is 0 Å². The molecule has 0 aromatic heterocycles. The monoisotopic (exact) mass is 159 g/mol. The molecule has 1 saturated carbocycles. The molecule has 2 fully saturated rings. The molecule has 0 amide bonds. The molecule has 58 valence electrons. The zero-order valence-corrected chi connectivity index (χ0v) is 6.98. The molecule has 2 heteroatoms. The average molecular weight is 160 g/mol. The molecule has 0 aromatic rings. The first-order chi connectivity index (χ1) is 4.86. The van der Waals surface area contributed by atoms with E-state index in [1.165, 1.54) is 25.7 Å². The molecule has 1 aliphatic heterocycles. The Hall–Kier alpha value is 0.250. The van der Waals surface area contributed by atoms with Gasteiger partial charge in [0, 0.05) is 13.1 Å². The maximum absolute atomic E-state index is 5.92. The summed E-state index contributed by atoms with van der Waals surface area (Å²) in [6.45, 7) is 2.29. The summed E-state index contributed by atoms with van der Waals surface area (Å²) in [4.78, 5) is 0. The lowest BCUT2D eigenvalue weighted by Crippen LogP contribution is -2.16. The second-order valence-electron chi connectivity index (χ2n) is 3.63. The number of hydrogen-bond donors (Lipinski definition) is 0. The molecule has 2 aliphatic rings. The van der Waals surface area contributed by atoms with Gasteiger partial charge in [0.15, 0.2) is 0 Å². The predicted molar refractivity (Wildman–Crippen MR) is 42.9 cm³/mol. The van der Waals surface area contributed by atoms with Crippen LogP contribution in [0.25, 0.3) is 0 Å². The van der Waals surface area contributed by atoms with E-state index < -0.39 is 0 Å². The van der Waals surface area contributed by atoms with Crippen molar-refractivity contribution in [2.24, 2.45) is 11.8 Å². The Balaban J connectivity index is 1.97. The van der Waals surface area contributed by atoms with Crippen LogP contribution in [0.5, 0.6) is 0 Å². The summed E-state index contributed by atoms with van der Waals surface area (Å²) >= 11 is 5.92. The van der Waals surface area contributed by atoms with Gasteiger partial charge in [0.1, 0.15) is 0 Å². The van der Waals surface area contributed by atoms with Crippen LogP contribution < -0.4 is 0 Å². The highest BCUT2D eigenvalue weighted by molar-refractivity contribution is 6.13. The fourth-order valence-corrected chi connectivity index (χ4v) is 2.70. The SMILES string of the molecule is ClN1CC2CCCCC2C1. The summed E-state index contributed by atoms with van der Waals surface area (Å²) in [5, 5.41) is 0. The molecular weight excluding hydrogens is 146 g/mol. The Morgan fingerprint density at radius 3 is 2.00 bits per heavy atom. The molecule has 0 N–H and O–H groups in total. The lowest BCUT2D eigenvalue weighted by atomic mass is 9.82. The number of nitrogens with zero attached hydrogens (tertiary/aromatic N) is 1. The van der Waals surface area contributed by atoms with Gasteiger partial charge in [-0.1, -0.05) is 12.8 Å². The third-order valence-electron chi connectivity index (χ3n) is 2.93. The summed E-state index contributed by atoms with van der Waals surface area (Å²) in [5.41, 5.74) is 0. The van der Waals surface area contributed by atoms with Crippen molar-refractivity contribution in [1.82, 2.24) is 4.42 Å². The highest BCUT2D eigenvalue weighted by Crippen LogP contribution is 2.36. The first-order valence-corrected chi connectivity index (χ1v) is 4.61. The first-order valence-electron chi connectivity index (χ1n) is 4.27. The van der Waals surface area contributed by atoms with Crippen LogP contribution in [0.4, 0.5) is 0 Å². The van der Waals surface area contributed by atoms with Crippen LogP contribution in [0.3, 0.4) is 0 Å². The van der Waals surface area contributed by atoms with E-state index in [0.29, 0.717) is 0 Å². The zero-order chi connectivity index (χ0) is 6.97. The van der Waals surface area contributed by atoms with Crippen molar-refractivity contribution in [2.45, 2.75) is 25.7 Å². The third-order valence-corrected chi connectivity index (χ3v) is 3.21. The zero-order valence-electron chi connectivity index (χ0n) is 6.22. The van der Waals surface area contributed by atoms with Gasteiger partial charge in [-0.25, -0.2) is 4.42 Å². The Morgan fingerprint density at radius 1 is 1.00 bits per heavy atom. The molecule has 1 saturated heterocycles. The maximum Gasteiger partial charge on any atom is 0.0170 e. The van der Waals surface area contributed by atoms with E-state index in [0.717, 1.165) is 24.9 Å². The van der Waals surface area contributed by atoms with Crippen LogP contribution in [0, 0.1) is 11.8 Å². The minimum atomic E-state index is 0.936. The summed E-state index contributed by atoms with van der Waals surface area (Å²) < 4.78 is 1.97. The molecule has 0 radical (unpaired) electrons. The van der Waals surface area contributed by atoms with Crippen molar-refractivity contribution in [3.8, 4) is 0 Å². The smallest absolute Gasteiger partial charge is 0.0170 e. The lowest BCUT2D eigenvalue weighted by Gasteiger charge is -2.22. The van der Waals surface area contributed by atoms with Crippen LogP contribution in [-0.4, -0.2) is 17.5 Å². The van der Waals surface area contributed by atoms with Crippen molar-refractivity contribution in [3.63, 3.8) is 0 Å². The van der Waals surface area contributed by atoms with Crippen LogP contribution in [0.1, 0.15) is 25.7 Å². The molecule has 1 heterocycles. The minimum Gasteiger partial charge on any atom is -0.220 e. The summed E-state index contributed by atoms with van der Waals surface area (Å²) in [6, 6.07) is 0. The van der Waals surface area contributed by atoms with Gasteiger partial charge in [-0.05, 0) is 36.5 Å². The average Bonchev–Trinajstić information content (AvgIpc) is 2.27. The number of hydrogen-bond acceptors (Lipinski definition) is 1. The van der Waals surface area contributed by atoms with E-state index in [2.05, 4.69) is 0 Å². The van der Waals surface area contributed by atoms with Gasteiger partial charge in [-0.2, -0.15) is 0 Å². The lowest BCUT2D eigenvalue weighted by molar-refractivity contribution is 0.299. The summed E-state index contributed by atoms with van der Waals surface area (Å²) in [6.07, 6.45) is 5.72. The van der Waals surface area contributed by atoms with E-state index in [9.17, 15) is 0 Å². The first kappa shape index (κ1) is 6.93. The molecule has 2 atom stereocenters. The molecular formula is C8H14ClN. The largest absolute Gasteiger partial charge is 0.220 e. The van der Waals surface area contributed by atoms with Gasteiger partial charge >= 0.3 is 0 Å². The normalized spacial score (nSPS) is 41.7. The van der Waals surface area contributed by atoms with Crippen LogP contribution in [-0.2, 0) is 0 Å². The Morgan fingerprint density at radius 2 is 1.50 bits per heavy atom. The highest BCUT2D eigenvalue weighted by atomic mass is 35.5. The fraction of sp³-hybridized carbons (Fsp3) is 1.00. The minimum absolute atomic E-state index is 0.936. The quantitative estimate of drug-likeness (QED) is 0.491. The summed E-state index contributed by atoms with van der Waals surface area (Å²) in [7, 11) is 0. The van der Waals surface area contributed by atoms with Gasteiger partial charge in [-0.3, -0.25) is 0 Å². The molecule has 0 aromatic carbocycles. The second kappa shape index (κ2) is 2.71. The van der Waals surface area contributed by atoms with E-state index in [1.54, 1.807) is 0 Å². The number of fused-ring (bicyclic) bond motifs is 1. The van der Waals surface area contributed by atoms with Gasteiger partial charge in [0.2, 0.25) is 0 Å². The molecule has 1 nitrogen and oxygen atoms in total. The number of halogens is 1. The van der Waals surface area contributed by atoms with E-state index in [-0.39, 0.29) is 0 Å². The number of rotatable bonds is 0. The van der Waals surface area contributed by atoms with Crippen molar-refractivity contribution < 1.29 is 0 Å². The third kappa shape index (κ3) is 1.17. The van der Waals surface area contributed by atoms with Crippen molar-refractivity contribution in [3.05, 3.63) is 0 Å². The van der Waals surface area contributed by atoms with E-state index in [4.69, 9.17) is 11.8 Å². The Bertz CT molecular complexity index is 112. The van der Waals surface area contributed by atoms with E-state index in [1.807, 2.05) is 4.42 Å². The topological polar surface area (TPSA) is 3.24 Å². The van der Waals surface area contributed by atoms with Gasteiger partial charge in [0.25, 0.3) is 0 Å². The standard InChI is InChI=1S/C8H14ClN/c9-10-5-7-3-1-2-4-8(7)6-10/h7-8H,1-6H2. The molecule has 2 unspecified atom stereocenters. The molecule has 10 heavy (non-hydrogen) atoms. The van der Waals surface area contributed by atoms with Crippen LogP contribution in [0.15, 0.2) is 0 Å². The van der Waals surface area contributed by atoms with Crippen molar-refractivity contribution in [2.75, 3.05) is 13.1 Å². The Labute approximate surface area is 67.5 Å². The maximum atomic E-state index is 5.92. The highest BCUT2D eigenvalue weighted by Gasteiger charge is 2.33. The van der Waals surface area contributed by atoms with Crippen molar-refractivity contribution >= 4 is 11.8 Å². The van der Waals surface area contributed by atoms with Gasteiger partial charge in [-0.15, -0.1) is 0 Å². The fourth-order valence-electron chi connectivity index (χ4n) is 2.35. The summed E-state index contributed by atoms with van der Waals surface area (Å²) in [5.74, 6) is 1.87. The van der Waals surface area contributed by atoms with Gasteiger partial charge < -0.3 is 0 Å². The molecule has 1 aliphatic carbocycles. The molecule has 0 spiro atoms. The van der Waals surface area contributed by atoms with E-state index >= 15 is 0 Å². The predicted octanol–water partition coefficient (Wildman–Crippen LogP) is 2.26. The van der Waals surface area contributed by atoms with Gasteiger partial charge in [0.05, 0.1) is 0 Å². The van der Waals surface area contributed by atoms with Crippen LogP contribution >= 0.6 is 11.8 Å². The van der Waals surface area contributed by atoms with Crippen molar-refractivity contribution in [1.29, 1.82) is 0 Å². The Kier molecular flexibility index (Phi) is 1.88. The second-order valence-corrected chi connectivity index (χ2v) is 4.11. The molecule has 0 bridgehead atoms. The molecule has 2 rings (SSSR count).